The Morgan fingerprint density at radius 2 is 1.54 bits per heavy atom. The third-order valence-electron chi connectivity index (χ3n) is 6.90. The fourth-order valence-electron chi connectivity index (χ4n) is 4.53. The first-order valence-corrected chi connectivity index (χ1v) is 11.0. The van der Waals surface area contributed by atoms with Gasteiger partial charge in [-0.1, -0.05) is 40.5 Å². The predicted molar refractivity (Wildman–Crippen MR) is 108 cm³/mol. The van der Waals surface area contributed by atoms with E-state index in [-0.39, 0.29) is 28.7 Å². The minimum atomic E-state index is -0.0822. The highest BCUT2D eigenvalue weighted by Gasteiger charge is 2.39. The van der Waals surface area contributed by atoms with Gasteiger partial charge >= 0.3 is 11.9 Å². The molecular weight excluding hydrogens is 356 g/mol. The van der Waals surface area contributed by atoms with Crippen molar-refractivity contribution in [1.82, 2.24) is 0 Å². The zero-order valence-corrected chi connectivity index (χ0v) is 18.2. The predicted octanol–water partition coefficient (Wildman–Crippen LogP) is 4.85. The molecule has 2 saturated heterocycles. The van der Waals surface area contributed by atoms with Gasteiger partial charge in [-0.15, -0.1) is 0 Å². The SMILES string of the molecule is CC(C)(CCCCC(=O)CCCCC(C)(C)C1CCOC1=O)C1COC(=O)C1. The molecule has 0 spiro atoms. The number of ether oxygens (including phenoxy) is 2. The number of Topliss-reactive ketones (excluding diaryl/α,β-unsaturated/α-hetero) is 1. The van der Waals surface area contributed by atoms with E-state index in [1.807, 2.05) is 0 Å². The molecule has 0 aliphatic carbocycles. The van der Waals surface area contributed by atoms with Crippen LogP contribution in [0, 0.1) is 22.7 Å². The Balaban J connectivity index is 1.55. The summed E-state index contributed by atoms with van der Waals surface area (Å²) in [6.45, 7) is 9.76. The van der Waals surface area contributed by atoms with Crippen LogP contribution in [0.4, 0.5) is 0 Å². The molecule has 2 heterocycles. The number of hydrogen-bond donors (Lipinski definition) is 0. The lowest BCUT2D eigenvalue weighted by Gasteiger charge is -2.29. The van der Waals surface area contributed by atoms with Gasteiger partial charge in [-0.25, -0.2) is 0 Å². The van der Waals surface area contributed by atoms with Gasteiger partial charge in [0.1, 0.15) is 5.78 Å². The zero-order chi connectivity index (χ0) is 20.8. The monoisotopic (exact) mass is 394 g/mol. The van der Waals surface area contributed by atoms with Crippen LogP contribution in [0.5, 0.6) is 0 Å². The Bertz CT molecular complexity index is 563. The van der Waals surface area contributed by atoms with Crippen molar-refractivity contribution < 1.29 is 23.9 Å². The maximum atomic E-state index is 12.2. The van der Waals surface area contributed by atoms with Crippen LogP contribution in [0.25, 0.3) is 0 Å². The molecule has 0 aromatic heterocycles. The van der Waals surface area contributed by atoms with Crippen LogP contribution in [0.15, 0.2) is 0 Å². The maximum absolute atomic E-state index is 12.2. The molecule has 2 aliphatic heterocycles. The quantitative estimate of drug-likeness (QED) is 0.349. The second-order valence-electron chi connectivity index (χ2n) is 10.0. The Labute approximate surface area is 169 Å². The summed E-state index contributed by atoms with van der Waals surface area (Å²) in [5, 5.41) is 0. The first-order valence-electron chi connectivity index (χ1n) is 11.0. The molecule has 0 aromatic carbocycles. The molecule has 2 atom stereocenters. The fraction of sp³-hybridized carbons (Fsp3) is 0.870. The number of rotatable bonds is 12. The standard InChI is InChI=1S/C23H38O5/c1-22(2,17-15-20(25)28-16-17)12-7-5-9-18(24)10-6-8-13-23(3,4)19-11-14-27-21(19)26/h17,19H,5-16H2,1-4H3. The summed E-state index contributed by atoms with van der Waals surface area (Å²) in [4.78, 5) is 35.2. The van der Waals surface area contributed by atoms with E-state index in [9.17, 15) is 14.4 Å². The molecule has 0 aromatic rings. The van der Waals surface area contributed by atoms with Gasteiger partial charge in [0, 0.05) is 18.8 Å². The van der Waals surface area contributed by atoms with E-state index in [1.165, 1.54) is 0 Å². The Kier molecular flexibility index (Phi) is 8.08. The third-order valence-corrected chi connectivity index (χ3v) is 6.90. The number of esters is 2. The Morgan fingerprint density at radius 3 is 2.04 bits per heavy atom. The van der Waals surface area contributed by atoms with Crippen molar-refractivity contribution in [3.8, 4) is 0 Å². The van der Waals surface area contributed by atoms with Crippen molar-refractivity contribution in [2.45, 2.75) is 91.9 Å². The number of ketones is 1. The van der Waals surface area contributed by atoms with Crippen molar-refractivity contribution in [3.63, 3.8) is 0 Å². The molecule has 0 amide bonds. The first-order chi connectivity index (χ1) is 13.1. The Morgan fingerprint density at radius 1 is 0.929 bits per heavy atom. The largest absolute Gasteiger partial charge is 0.465 e. The minimum absolute atomic E-state index is 0.00659. The van der Waals surface area contributed by atoms with Crippen molar-refractivity contribution in [3.05, 3.63) is 0 Å². The van der Waals surface area contributed by atoms with E-state index in [0.29, 0.717) is 44.2 Å². The molecule has 28 heavy (non-hydrogen) atoms. The summed E-state index contributed by atoms with van der Waals surface area (Å²) >= 11 is 0. The van der Waals surface area contributed by atoms with E-state index in [0.717, 1.165) is 44.9 Å². The highest BCUT2D eigenvalue weighted by atomic mass is 16.5. The highest BCUT2D eigenvalue weighted by Crippen LogP contribution is 2.39. The maximum Gasteiger partial charge on any atom is 0.309 e. The molecule has 0 saturated carbocycles. The van der Waals surface area contributed by atoms with Gasteiger partial charge in [0.25, 0.3) is 0 Å². The molecule has 0 radical (unpaired) electrons. The van der Waals surface area contributed by atoms with Crippen molar-refractivity contribution in [2.24, 2.45) is 22.7 Å². The van der Waals surface area contributed by atoms with Crippen molar-refractivity contribution >= 4 is 17.7 Å². The molecular formula is C23H38O5. The normalized spacial score (nSPS) is 23.0. The smallest absolute Gasteiger partial charge is 0.309 e. The molecule has 5 heteroatoms. The fourth-order valence-corrected chi connectivity index (χ4v) is 4.53. The van der Waals surface area contributed by atoms with Crippen LogP contribution < -0.4 is 0 Å². The minimum Gasteiger partial charge on any atom is -0.465 e. The summed E-state index contributed by atoms with van der Waals surface area (Å²) in [7, 11) is 0. The lowest BCUT2D eigenvalue weighted by molar-refractivity contribution is -0.144. The van der Waals surface area contributed by atoms with Gasteiger partial charge in [-0.05, 0) is 42.9 Å². The molecule has 2 unspecified atom stereocenters. The van der Waals surface area contributed by atoms with E-state index in [2.05, 4.69) is 27.7 Å². The van der Waals surface area contributed by atoms with E-state index in [4.69, 9.17) is 9.47 Å². The molecule has 160 valence electrons. The molecule has 0 bridgehead atoms. The molecule has 2 aliphatic rings. The molecule has 2 rings (SSSR count). The van der Waals surface area contributed by atoms with Crippen LogP contribution in [0.1, 0.15) is 91.9 Å². The number of hydrogen-bond acceptors (Lipinski definition) is 5. The summed E-state index contributed by atoms with van der Waals surface area (Å²) < 4.78 is 10.2. The first kappa shape index (κ1) is 22.9. The Hall–Kier alpha value is -1.39. The summed E-state index contributed by atoms with van der Waals surface area (Å²) in [5.41, 5.74) is 0.0374. The summed E-state index contributed by atoms with van der Waals surface area (Å²) in [5.74, 6) is 0.511. The van der Waals surface area contributed by atoms with Gasteiger partial charge in [0.2, 0.25) is 0 Å². The summed E-state index contributed by atoms with van der Waals surface area (Å²) in [6, 6.07) is 0. The van der Waals surface area contributed by atoms with E-state index in [1.54, 1.807) is 0 Å². The van der Waals surface area contributed by atoms with Gasteiger partial charge in [-0.2, -0.15) is 0 Å². The van der Waals surface area contributed by atoms with Gasteiger partial charge in [0.15, 0.2) is 0 Å². The topological polar surface area (TPSA) is 69.7 Å². The average molecular weight is 395 g/mol. The number of carbonyl (C=O) groups excluding carboxylic acids is 3. The van der Waals surface area contributed by atoms with E-state index >= 15 is 0 Å². The van der Waals surface area contributed by atoms with Crippen molar-refractivity contribution in [2.75, 3.05) is 13.2 Å². The van der Waals surface area contributed by atoms with Gasteiger partial charge < -0.3 is 9.47 Å². The molecule has 5 nitrogen and oxygen atoms in total. The lowest BCUT2D eigenvalue weighted by Crippen LogP contribution is -2.27. The van der Waals surface area contributed by atoms with Crippen LogP contribution in [-0.4, -0.2) is 30.9 Å². The van der Waals surface area contributed by atoms with Crippen LogP contribution in [-0.2, 0) is 23.9 Å². The number of carbonyl (C=O) groups is 3. The zero-order valence-electron chi connectivity index (χ0n) is 18.2. The van der Waals surface area contributed by atoms with Crippen LogP contribution >= 0.6 is 0 Å². The lowest BCUT2D eigenvalue weighted by atomic mass is 9.74. The van der Waals surface area contributed by atoms with Gasteiger partial charge in [0.05, 0.1) is 25.6 Å². The summed E-state index contributed by atoms with van der Waals surface area (Å²) in [6.07, 6.45) is 8.42. The highest BCUT2D eigenvalue weighted by molar-refractivity contribution is 5.78. The molecule has 0 N–H and O–H groups in total. The van der Waals surface area contributed by atoms with Crippen LogP contribution in [0.2, 0.25) is 0 Å². The third kappa shape index (κ3) is 6.59. The second-order valence-corrected chi connectivity index (χ2v) is 10.0. The van der Waals surface area contributed by atoms with Gasteiger partial charge in [-0.3, -0.25) is 14.4 Å². The van der Waals surface area contributed by atoms with E-state index < -0.39 is 0 Å². The average Bonchev–Trinajstić information content (AvgIpc) is 3.25. The van der Waals surface area contributed by atoms with Crippen LogP contribution in [0.3, 0.4) is 0 Å². The number of unbranched alkanes of at least 4 members (excludes halogenated alkanes) is 2. The second kappa shape index (κ2) is 9.89. The van der Waals surface area contributed by atoms with Crippen molar-refractivity contribution in [1.29, 1.82) is 0 Å². The number of cyclic esters (lactones) is 2. The molecule has 2 fully saturated rings.